The van der Waals surface area contributed by atoms with Gasteiger partial charge >= 0.3 is 0 Å². The summed E-state index contributed by atoms with van der Waals surface area (Å²) in [4.78, 5) is 11.2. The number of unbranched alkanes of at least 4 members (excludes halogenated alkanes) is 1. The Hall–Kier alpha value is -0.610. The molecule has 6 atom stereocenters. The SMILES string of the molecule is C[C@H](O)C(=O)CCCCOC1OC(CO)C(O)C(O)C1O. The first kappa shape index (κ1) is 18.4. The molecule has 1 fully saturated rings. The zero-order valence-corrected chi connectivity index (χ0v) is 12.0. The molecule has 0 aromatic heterocycles. The van der Waals surface area contributed by atoms with Crippen LogP contribution in [-0.4, -0.2) is 81.3 Å². The lowest BCUT2D eigenvalue weighted by molar-refractivity contribution is -0.301. The number of carbonyl (C=O) groups excluding carboxylic acids is 1. The van der Waals surface area contributed by atoms with E-state index in [-0.39, 0.29) is 18.8 Å². The molecule has 0 radical (unpaired) electrons. The van der Waals surface area contributed by atoms with Gasteiger partial charge in [0.15, 0.2) is 12.1 Å². The largest absolute Gasteiger partial charge is 0.394 e. The molecule has 1 aliphatic rings. The van der Waals surface area contributed by atoms with Crippen molar-refractivity contribution in [1.29, 1.82) is 0 Å². The molecule has 0 aromatic carbocycles. The summed E-state index contributed by atoms with van der Waals surface area (Å²) < 4.78 is 10.4. The summed E-state index contributed by atoms with van der Waals surface area (Å²) in [6.45, 7) is 1.08. The first-order chi connectivity index (χ1) is 9.88. The summed E-state index contributed by atoms with van der Waals surface area (Å²) in [5.74, 6) is -0.247. The van der Waals surface area contributed by atoms with Gasteiger partial charge in [-0.25, -0.2) is 0 Å². The molecule has 0 spiro atoms. The van der Waals surface area contributed by atoms with E-state index in [9.17, 15) is 20.1 Å². The number of aliphatic hydroxyl groups is 5. The van der Waals surface area contributed by atoms with Crippen molar-refractivity contribution in [1.82, 2.24) is 0 Å². The van der Waals surface area contributed by atoms with Gasteiger partial charge in [0.2, 0.25) is 0 Å². The third-order valence-corrected chi connectivity index (χ3v) is 3.41. The molecule has 0 aromatic rings. The Morgan fingerprint density at radius 3 is 2.43 bits per heavy atom. The highest BCUT2D eigenvalue weighted by Gasteiger charge is 2.43. The van der Waals surface area contributed by atoms with Crippen LogP contribution in [0.5, 0.6) is 0 Å². The van der Waals surface area contributed by atoms with Gasteiger partial charge < -0.3 is 35.0 Å². The summed E-state index contributed by atoms with van der Waals surface area (Å²) in [5, 5.41) is 46.9. The Balaban J connectivity index is 2.29. The summed E-state index contributed by atoms with van der Waals surface area (Å²) in [7, 11) is 0. The fraction of sp³-hybridized carbons (Fsp3) is 0.923. The van der Waals surface area contributed by atoms with Crippen molar-refractivity contribution in [3.05, 3.63) is 0 Å². The van der Waals surface area contributed by atoms with Crippen molar-refractivity contribution in [2.45, 2.75) is 63.0 Å². The first-order valence-corrected chi connectivity index (χ1v) is 7.01. The molecule has 8 nitrogen and oxygen atoms in total. The molecule has 124 valence electrons. The van der Waals surface area contributed by atoms with Crippen LogP contribution in [0.3, 0.4) is 0 Å². The van der Waals surface area contributed by atoms with E-state index in [1.807, 2.05) is 0 Å². The highest BCUT2D eigenvalue weighted by Crippen LogP contribution is 2.22. The number of Topliss-reactive ketones (excluding diaryl/α,β-unsaturated/α-hetero) is 1. The molecule has 8 heteroatoms. The molecule has 5 N–H and O–H groups in total. The molecule has 0 bridgehead atoms. The predicted molar refractivity (Wildman–Crippen MR) is 70.3 cm³/mol. The van der Waals surface area contributed by atoms with Crippen LogP contribution in [0, 0.1) is 0 Å². The lowest BCUT2D eigenvalue weighted by Crippen LogP contribution is -2.59. The third kappa shape index (κ3) is 5.26. The van der Waals surface area contributed by atoms with Crippen LogP contribution in [0.2, 0.25) is 0 Å². The average Bonchev–Trinajstić information content (AvgIpc) is 2.46. The Labute approximate surface area is 122 Å². The van der Waals surface area contributed by atoms with E-state index in [0.29, 0.717) is 12.8 Å². The second-order valence-electron chi connectivity index (χ2n) is 5.17. The number of aliphatic hydroxyl groups excluding tert-OH is 5. The molecular formula is C13H24O8. The number of hydrogen-bond acceptors (Lipinski definition) is 8. The van der Waals surface area contributed by atoms with Crippen molar-refractivity contribution in [2.75, 3.05) is 13.2 Å². The summed E-state index contributed by atoms with van der Waals surface area (Å²) in [6.07, 6.45) is -6.15. The Bertz CT molecular complexity index is 319. The lowest BCUT2D eigenvalue weighted by Gasteiger charge is -2.39. The summed E-state index contributed by atoms with van der Waals surface area (Å²) >= 11 is 0. The second-order valence-corrected chi connectivity index (χ2v) is 5.17. The van der Waals surface area contributed by atoms with Gasteiger partial charge in [-0.2, -0.15) is 0 Å². The van der Waals surface area contributed by atoms with Crippen LogP contribution >= 0.6 is 0 Å². The van der Waals surface area contributed by atoms with Gasteiger partial charge in [0.05, 0.1) is 6.61 Å². The molecule has 1 rings (SSSR count). The number of carbonyl (C=O) groups is 1. The predicted octanol–water partition coefficient (Wildman–Crippen LogP) is -2.08. The Morgan fingerprint density at radius 2 is 1.86 bits per heavy atom. The standard InChI is InChI=1S/C13H24O8/c1-7(15)8(16)4-2-3-5-20-13-12(19)11(18)10(17)9(6-14)21-13/h7,9-15,17-19H,2-6H2,1H3/t7-,9?,10?,11?,12?,13?/m0/s1. The average molecular weight is 308 g/mol. The van der Waals surface area contributed by atoms with Crippen LogP contribution in [0.15, 0.2) is 0 Å². The Kier molecular flexibility index (Phi) is 7.67. The van der Waals surface area contributed by atoms with Gasteiger partial charge in [0.25, 0.3) is 0 Å². The van der Waals surface area contributed by atoms with Crippen molar-refractivity contribution < 1.29 is 39.8 Å². The topological polar surface area (TPSA) is 137 Å². The molecule has 1 aliphatic heterocycles. The minimum Gasteiger partial charge on any atom is -0.394 e. The van der Waals surface area contributed by atoms with Crippen molar-refractivity contribution in [3.63, 3.8) is 0 Å². The molecular weight excluding hydrogens is 284 g/mol. The molecule has 1 heterocycles. The van der Waals surface area contributed by atoms with Gasteiger partial charge in [-0.05, 0) is 19.8 Å². The summed E-state index contributed by atoms with van der Waals surface area (Å²) in [5.41, 5.74) is 0. The maximum absolute atomic E-state index is 11.2. The van der Waals surface area contributed by atoms with Gasteiger partial charge in [-0.15, -0.1) is 0 Å². The molecule has 0 saturated carbocycles. The van der Waals surface area contributed by atoms with E-state index < -0.39 is 43.4 Å². The zero-order valence-electron chi connectivity index (χ0n) is 12.0. The highest BCUT2D eigenvalue weighted by molar-refractivity contribution is 5.82. The Morgan fingerprint density at radius 1 is 1.19 bits per heavy atom. The molecule has 0 amide bonds. The molecule has 21 heavy (non-hydrogen) atoms. The quantitative estimate of drug-likeness (QED) is 0.322. The van der Waals surface area contributed by atoms with Gasteiger partial charge in [0, 0.05) is 13.0 Å². The highest BCUT2D eigenvalue weighted by atomic mass is 16.7. The maximum atomic E-state index is 11.2. The first-order valence-electron chi connectivity index (χ1n) is 7.01. The fourth-order valence-electron chi connectivity index (χ4n) is 2.01. The minimum absolute atomic E-state index is 0.176. The van der Waals surface area contributed by atoms with Gasteiger partial charge in [-0.3, -0.25) is 4.79 Å². The van der Waals surface area contributed by atoms with Crippen molar-refractivity contribution in [3.8, 4) is 0 Å². The van der Waals surface area contributed by atoms with E-state index in [1.54, 1.807) is 0 Å². The minimum atomic E-state index is -1.46. The van der Waals surface area contributed by atoms with Crippen LogP contribution in [0.25, 0.3) is 0 Å². The second kappa shape index (κ2) is 8.74. The van der Waals surface area contributed by atoms with Crippen molar-refractivity contribution in [2.24, 2.45) is 0 Å². The molecule has 1 saturated heterocycles. The number of hydrogen-bond donors (Lipinski definition) is 5. The zero-order chi connectivity index (χ0) is 16.0. The van der Waals surface area contributed by atoms with Crippen LogP contribution in [-0.2, 0) is 14.3 Å². The smallest absolute Gasteiger partial charge is 0.186 e. The van der Waals surface area contributed by atoms with Crippen LogP contribution in [0.1, 0.15) is 26.2 Å². The van der Waals surface area contributed by atoms with E-state index in [1.165, 1.54) is 6.92 Å². The van der Waals surface area contributed by atoms with Crippen LogP contribution < -0.4 is 0 Å². The lowest BCUT2D eigenvalue weighted by atomic mass is 9.99. The van der Waals surface area contributed by atoms with E-state index >= 15 is 0 Å². The number of rotatable bonds is 8. The number of ketones is 1. The van der Waals surface area contributed by atoms with Gasteiger partial charge in [0.1, 0.15) is 30.5 Å². The summed E-state index contributed by atoms with van der Waals surface area (Å²) in [6, 6.07) is 0. The normalized spacial score (nSPS) is 34.7. The fourth-order valence-corrected chi connectivity index (χ4v) is 2.01. The third-order valence-electron chi connectivity index (χ3n) is 3.41. The van der Waals surface area contributed by atoms with Gasteiger partial charge in [-0.1, -0.05) is 0 Å². The van der Waals surface area contributed by atoms with E-state index in [4.69, 9.17) is 19.7 Å². The molecule has 0 aliphatic carbocycles. The van der Waals surface area contributed by atoms with Crippen LogP contribution in [0.4, 0.5) is 0 Å². The molecule has 5 unspecified atom stereocenters. The monoisotopic (exact) mass is 308 g/mol. The maximum Gasteiger partial charge on any atom is 0.186 e. The van der Waals surface area contributed by atoms with E-state index in [2.05, 4.69) is 0 Å². The number of ether oxygens (including phenoxy) is 2. The van der Waals surface area contributed by atoms with E-state index in [0.717, 1.165) is 0 Å². The van der Waals surface area contributed by atoms with Crippen molar-refractivity contribution >= 4 is 5.78 Å².